The molecular weight excluding hydrogens is 216 g/mol. The summed E-state index contributed by atoms with van der Waals surface area (Å²) in [5.41, 5.74) is 0.595. The molecule has 0 aromatic heterocycles. The first-order chi connectivity index (χ1) is 8.21. The maximum Gasteiger partial charge on any atom is 0.168 e. The van der Waals surface area contributed by atoms with Gasteiger partial charge in [-0.1, -0.05) is 19.2 Å². The Kier molecular flexibility index (Phi) is 4.76. The molecule has 0 amide bonds. The second-order valence-corrected chi connectivity index (χ2v) is 3.18. The van der Waals surface area contributed by atoms with Gasteiger partial charge in [0.1, 0.15) is 12.0 Å². The minimum Gasteiger partial charge on any atom is -0.493 e. The Bertz CT molecular complexity index is 441. The van der Waals surface area contributed by atoms with Gasteiger partial charge in [0.25, 0.3) is 0 Å². The van der Waals surface area contributed by atoms with Crippen molar-refractivity contribution in [1.29, 1.82) is 0 Å². The van der Waals surface area contributed by atoms with Gasteiger partial charge < -0.3 is 9.47 Å². The first kappa shape index (κ1) is 12.8. The van der Waals surface area contributed by atoms with Gasteiger partial charge in [-0.05, 0) is 30.3 Å². The van der Waals surface area contributed by atoms with Gasteiger partial charge in [0.2, 0.25) is 0 Å². The predicted molar refractivity (Wildman–Crippen MR) is 66.9 cm³/mol. The molecule has 1 aromatic rings. The number of allylic oxidation sites excluding steroid dienone is 2. The SMILES string of the molecule is C=C/C=C(/Oc1ccc(C=O)cc1)C(=C)OC. The molecular formula is C14H14O3. The summed E-state index contributed by atoms with van der Waals surface area (Å²) in [5, 5.41) is 0. The Labute approximate surface area is 101 Å². The molecule has 0 saturated carbocycles. The van der Waals surface area contributed by atoms with Gasteiger partial charge in [-0.15, -0.1) is 0 Å². The summed E-state index contributed by atoms with van der Waals surface area (Å²) >= 11 is 0. The van der Waals surface area contributed by atoms with E-state index in [1.165, 1.54) is 7.11 Å². The van der Waals surface area contributed by atoms with E-state index in [1.54, 1.807) is 36.4 Å². The fraction of sp³-hybridized carbons (Fsp3) is 0.0714. The number of hydrogen-bond donors (Lipinski definition) is 0. The van der Waals surface area contributed by atoms with E-state index < -0.39 is 0 Å². The third-order valence-electron chi connectivity index (χ3n) is 2.03. The van der Waals surface area contributed by atoms with Crippen LogP contribution in [0.4, 0.5) is 0 Å². The molecule has 0 aliphatic rings. The van der Waals surface area contributed by atoms with Crippen LogP contribution in [0.25, 0.3) is 0 Å². The van der Waals surface area contributed by atoms with Crippen LogP contribution < -0.4 is 4.74 Å². The Morgan fingerprint density at radius 1 is 1.29 bits per heavy atom. The molecule has 0 bridgehead atoms. The summed E-state index contributed by atoms with van der Waals surface area (Å²) < 4.78 is 10.5. The number of ether oxygens (including phenoxy) is 2. The minimum absolute atomic E-state index is 0.407. The van der Waals surface area contributed by atoms with Crippen molar-refractivity contribution in [1.82, 2.24) is 0 Å². The van der Waals surface area contributed by atoms with Crippen LogP contribution in [0.3, 0.4) is 0 Å². The Morgan fingerprint density at radius 2 is 1.94 bits per heavy atom. The van der Waals surface area contributed by atoms with E-state index in [9.17, 15) is 4.79 Å². The maximum absolute atomic E-state index is 10.5. The van der Waals surface area contributed by atoms with Gasteiger partial charge in [-0.3, -0.25) is 4.79 Å². The minimum atomic E-state index is 0.407. The van der Waals surface area contributed by atoms with E-state index in [2.05, 4.69) is 13.2 Å². The number of benzene rings is 1. The van der Waals surface area contributed by atoms with Crippen molar-refractivity contribution < 1.29 is 14.3 Å². The predicted octanol–water partition coefficient (Wildman–Crippen LogP) is 3.11. The molecule has 3 heteroatoms. The molecule has 1 rings (SSSR count). The molecule has 0 spiro atoms. The summed E-state index contributed by atoms with van der Waals surface area (Å²) in [6.45, 7) is 7.29. The van der Waals surface area contributed by atoms with Crippen LogP contribution in [-0.4, -0.2) is 13.4 Å². The monoisotopic (exact) mass is 230 g/mol. The number of hydrogen-bond acceptors (Lipinski definition) is 3. The molecule has 17 heavy (non-hydrogen) atoms. The van der Waals surface area contributed by atoms with Crippen molar-refractivity contribution in [3.8, 4) is 5.75 Å². The molecule has 0 atom stereocenters. The van der Waals surface area contributed by atoms with E-state index >= 15 is 0 Å². The number of aldehydes is 1. The van der Waals surface area contributed by atoms with Crippen molar-refractivity contribution in [2.24, 2.45) is 0 Å². The Hall–Kier alpha value is -2.29. The lowest BCUT2D eigenvalue weighted by Crippen LogP contribution is -2.00. The molecule has 0 heterocycles. The second-order valence-electron chi connectivity index (χ2n) is 3.18. The topological polar surface area (TPSA) is 35.5 Å². The molecule has 0 radical (unpaired) electrons. The quantitative estimate of drug-likeness (QED) is 0.428. The van der Waals surface area contributed by atoms with E-state index in [0.717, 1.165) is 6.29 Å². The lowest BCUT2D eigenvalue weighted by molar-refractivity contribution is 0.112. The largest absolute Gasteiger partial charge is 0.493 e. The van der Waals surface area contributed by atoms with Crippen molar-refractivity contribution in [3.05, 3.63) is 66.7 Å². The normalized spacial score (nSPS) is 10.5. The zero-order chi connectivity index (χ0) is 12.7. The van der Waals surface area contributed by atoms with Gasteiger partial charge in [0, 0.05) is 5.56 Å². The van der Waals surface area contributed by atoms with Crippen LogP contribution in [0.5, 0.6) is 5.75 Å². The average molecular weight is 230 g/mol. The van der Waals surface area contributed by atoms with Crippen molar-refractivity contribution in [2.75, 3.05) is 7.11 Å². The molecule has 0 N–H and O–H groups in total. The molecule has 0 unspecified atom stereocenters. The molecule has 0 aliphatic carbocycles. The summed E-state index contributed by atoms with van der Waals surface area (Å²) in [6.07, 6.45) is 4.01. The van der Waals surface area contributed by atoms with Crippen LogP contribution in [0.2, 0.25) is 0 Å². The molecule has 3 nitrogen and oxygen atoms in total. The van der Waals surface area contributed by atoms with Crippen LogP contribution >= 0.6 is 0 Å². The highest BCUT2D eigenvalue weighted by molar-refractivity contribution is 5.74. The van der Waals surface area contributed by atoms with Crippen LogP contribution in [-0.2, 0) is 4.74 Å². The summed E-state index contributed by atoms with van der Waals surface area (Å²) in [6, 6.07) is 6.74. The molecule has 0 fully saturated rings. The summed E-state index contributed by atoms with van der Waals surface area (Å²) in [4.78, 5) is 10.5. The first-order valence-electron chi connectivity index (χ1n) is 5.00. The first-order valence-corrected chi connectivity index (χ1v) is 5.00. The fourth-order valence-corrected chi connectivity index (χ4v) is 1.13. The average Bonchev–Trinajstić information content (AvgIpc) is 2.38. The van der Waals surface area contributed by atoms with Gasteiger partial charge in [0.05, 0.1) is 7.11 Å². The maximum atomic E-state index is 10.5. The molecule has 88 valence electrons. The highest BCUT2D eigenvalue weighted by atomic mass is 16.5. The van der Waals surface area contributed by atoms with Gasteiger partial charge in [0.15, 0.2) is 11.5 Å². The third-order valence-corrected chi connectivity index (χ3v) is 2.03. The van der Waals surface area contributed by atoms with Crippen molar-refractivity contribution in [2.45, 2.75) is 0 Å². The van der Waals surface area contributed by atoms with E-state index in [1.807, 2.05) is 0 Å². The molecule has 1 aromatic carbocycles. The number of carbonyl (C=O) groups excluding carboxylic acids is 1. The van der Waals surface area contributed by atoms with Gasteiger partial charge in [-0.25, -0.2) is 0 Å². The summed E-state index contributed by atoms with van der Waals surface area (Å²) in [5.74, 6) is 1.48. The van der Waals surface area contributed by atoms with Crippen LogP contribution in [0, 0.1) is 0 Å². The lowest BCUT2D eigenvalue weighted by atomic mass is 10.2. The zero-order valence-electron chi connectivity index (χ0n) is 9.68. The van der Waals surface area contributed by atoms with E-state index in [-0.39, 0.29) is 0 Å². The van der Waals surface area contributed by atoms with Crippen molar-refractivity contribution in [3.63, 3.8) is 0 Å². The van der Waals surface area contributed by atoms with Gasteiger partial charge >= 0.3 is 0 Å². The molecule has 0 aliphatic heterocycles. The number of rotatable bonds is 6. The highest BCUT2D eigenvalue weighted by Crippen LogP contribution is 2.18. The van der Waals surface area contributed by atoms with Gasteiger partial charge in [-0.2, -0.15) is 0 Å². The standard InChI is InChI=1S/C14H14O3/c1-4-5-14(11(2)16-3)17-13-8-6-12(10-15)7-9-13/h4-10H,1-2H2,3H3/b14-5+. The number of methoxy groups -OCH3 is 1. The van der Waals surface area contributed by atoms with Crippen molar-refractivity contribution >= 4 is 6.29 Å². The summed E-state index contributed by atoms with van der Waals surface area (Å²) in [7, 11) is 1.51. The van der Waals surface area contributed by atoms with E-state index in [4.69, 9.17) is 9.47 Å². The van der Waals surface area contributed by atoms with Crippen LogP contribution in [0.15, 0.2) is 61.1 Å². The Balaban J connectivity index is 2.86. The smallest absolute Gasteiger partial charge is 0.168 e. The molecule has 0 saturated heterocycles. The number of carbonyl (C=O) groups is 1. The lowest BCUT2D eigenvalue weighted by Gasteiger charge is -2.11. The highest BCUT2D eigenvalue weighted by Gasteiger charge is 2.05. The Morgan fingerprint density at radius 3 is 2.41 bits per heavy atom. The van der Waals surface area contributed by atoms with E-state index in [0.29, 0.717) is 22.8 Å². The fourth-order valence-electron chi connectivity index (χ4n) is 1.13. The zero-order valence-corrected chi connectivity index (χ0v) is 9.68. The third kappa shape index (κ3) is 3.65. The van der Waals surface area contributed by atoms with Crippen LogP contribution in [0.1, 0.15) is 10.4 Å². The second kappa shape index (κ2) is 6.33.